The van der Waals surface area contributed by atoms with Crippen molar-refractivity contribution in [3.63, 3.8) is 0 Å². The van der Waals surface area contributed by atoms with E-state index < -0.39 is 5.60 Å². The number of thiazole rings is 1. The summed E-state index contributed by atoms with van der Waals surface area (Å²) in [6.45, 7) is 10.6. The fourth-order valence-electron chi connectivity index (χ4n) is 2.78. The number of benzene rings is 1. The zero-order valence-electron chi connectivity index (χ0n) is 16.4. The molecule has 0 saturated carbocycles. The molecule has 0 aliphatic carbocycles. The van der Waals surface area contributed by atoms with Gasteiger partial charge in [-0.05, 0) is 57.9 Å². The molecular weight excluding hydrogens is 362 g/mol. The van der Waals surface area contributed by atoms with Crippen molar-refractivity contribution in [3.05, 3.63) is 45.5 Å². The summed E-state index contributed by atoms with van der Waals surface area (Å²) in [7, 11) is 0. The Balaban J connectivity index is 1.68. The third-order valence-electron chi connectivity index (χ3n) is 4.37. The summed E-state index contributed by atoms with van der Waals surface area (Å²) in [5.41, 5.74) is 3.26. The van der Waals surface area contributed by atoms with Gasteiger partial charge in [-0.25, -0.2) is 9.78 Å². The van der Waals surface area contributed by atoms with Crippen LogP contribution < -0.4 is 5.32 Å². The van der Waals surface area contributed by atoms with Crippen LogP contribution >= 0.6 is 11.3 Å². The van der Waals surface area contributed by atoms with Crippen molar-refractivity contribution >= 4 is 28.5 Å². The second-order valence-electron chi connectivity index (χ2n) is 7.79. The molecule has 0 radical (unpaired) electrons. The molecule has 27 heavy (non-hydrogen) atoms. The van der Waals surface area contributed by atoms with Crippen molar-refractivity contribution in [2.24, 2.45) is 0 Å². The molecule has 2 heterocycles. The number of anilines is 1. The fraction of sp³-hybridized carbons (Fsp3) is 0.450. The number of rotatable bonds is 2. The molecule has 0 bridgehead atoms. The zero-order valence-corrected chi connectivity index (χ0v) is 17.2. The van der Waals surface area contributed by atoms with Crippen molar-refractivity contribution in [2.75, 3.05) is 11.9 Å². The molecule has 6 nitrogen and oxygen atoms in total. The molecule has 0 saturated heterocycles. The smallest absolute Gasteiger partial charge is 0.410 e. The summed E-state index contributed by atoms with van der Waals surface area (Å²) in [4.78, 5) is 32.0. The van der Waals surface area contributed by atoms with Crippen LogP contribution in [0.5, 0.6) is 0 Å². The maximum Gasteiger partial charge on any atom is 0.410 e. The molecule has 0 spiro atoms. The van der Waals surface area contributed by atoms with E-state index in [4.69, 9.17) is 4.74 Å². The Bertz CT molecular complexity index is 883. The molecule has 0 atom stereocenters. The minimum absolute atomic E-state index is 0.173. The molecule has 1 N–H and O–H groups in total. The van der Waals surface area contributed by atoms with Crippen molar-refractivity contribution < 1.29 is 14.3 Å². The lowest BCUT2D eigenvalue weighted by atomic mass is 10.1. The number of nitrogens with zero attached hydrogens (tertiary/aromatic N) is 2. The van der Waals surface area contributed by atoms with E-state index in [1.807, 2.05) is 52.8 Å². The molecular formula is C20H25N3O3S. The van der Waals surface area contributed by atoms with E-state index in [0.717, 1.165) is 21.7 Å². The molecule has 2 amide bonds. The van der Waals surface area contributed by atoms with Crippen LogP contribution in [0.4, 0.5) is 9.93 Å². The average molecular weight is 388 g/mol. The minimum Gasteiger partial charge on any atom is -0.444 e. The number of amides is 2. The van der Waals surface area contributed by atoms with Gasteiger partial charge in [0.15, 0.2) is 5.13 Å². The first kappa shape index (κ1) is 19.4. The first-order chi connectivity index (χ1) is 12.6. The summed E-state index contributed by atoms with van der Waals surface area (Å²) < 4.78 is 5.44. The second-order valence-corrected chi connectivity index (χ2v) is 8.88. The van der Waals surface area contributed by atoms with Gasteiger partial charge in [0.1, 0.15) is 5.60 Å². The zero-order chi connectivity index (χ0) is 19.8. The van der Waals surface area contributed by atoms with E-state index in [1.165, 1.54) is 11.3 Å². The first-order valence-corrected chi connectivity index (χ1v) is 9.79. The van der Waals surface area contributed by atoms with Crippen LogP contribution in [0, 0.1) is 13.8 Å². The van der Waals surface area contributed by atoms with Crippen molar-refractivity contribution in [2.45, 2.75) is 53.2 Å². The first-order valence-electron chi connectivity index (χ1n) is 8.97. The molecule has 3 rings (SSSR count). The van der Waals surface area contributed by atoms with Crippen molar-refractivity contribution in [1.29, 1.82) is 0 Å². The molecule has 1 aliphatic heterocycles. The quantitative estimate of drug-likeness (QED) is 0.834. The Morgan fingerprint density at radius 1 is 1.22 bits per heavy atom. The number of fused-ring (bicyclic) bond motifs is 1. The van der Waals surface area contributed by atoms with E-state index in [9.17, 15) is 9.59 Å². The van der Waals surface area contributed by atoms with Gasteiger partial charge in [0.2, 0.25) is 0 Å². The third-order valence-corrected chi connectivity index (χ3v) is 5.37. The Kier molecular flexibility index (Phi) is 5.24. The molecule has 1 aliphatic rings. The normalized spacial score (nSPS) is 13.9. The predicted molar refractivity (Wildman–Crippen MR) is 106 cm³/mol. The topological polar surface area (TPSA) is 71.5 Å². The van der Waals surface area contributed by atoms with E-state index in [-0.39, 0.29) is 12.0 Å². The number of hydrogen-bond acceptors (Lipinski definition) is 5. The van der Waals surface area contributed by atoms with E-state index in [2.05, 4.69) is 10.3 Å². The number of nitrogens with one attached hydrogen (secondary N) is 1. The average Bonchev–Trinajstić information content (AvgIpc) is 2.96. The Morgan fingerprint density at radius 3 is 2.63 bits per heavy atom. The van der Waals surface area contributed by atoms with Crippen LogP contribution in [0.25, 0.3) is 0 Å². The summed E-state index contributed by atoms with van der Waals surface area (Å²) in [5, 5.41) is 3.44. The number of carbonyl (C=O) groups excluding carboxylic acids is 2. The molecule has 1 aromatic carbocycles. The summed E-state index contributed by atoms with van der Waals surface area (Å²) in [5.74, 6) is -0.173. The summed E-state index contributed by atoms with van der Waals surface area (Å²) in [6.07, 6.45) is 0.340. The van der Waals surface area contributed by atoms with Gasteiger partial charge < -0.3 is 9.64 Å². The van der Waals surface area contributed by atoms with Gasteiger partial charge in [-0.3, -0.25) is 10.1 Å². The SMILES string of the molecule is Cc1ccc(C(=O)Nc2nc3c(s2)CN(C(=O)OC(C)(C)C)CC3)cc1C. The lowest BCUT2D eigenvalue weighted by Gasteiger charge is -2.29. The summed E-state index contributed by atoms with van der Waals surface area (Å²) >= 11 is 1.41. The lowest BCUT2D eigenvalue weighted by molar-refractivity contribution is 0.0225. The van der Waals surface area contributed by atoms with Gasteiger partial charge >= 0.3 is 6.09 Å². The van der Waals surface area contributed by atoms with Crippen LogP contribution in [-0.2, 0) is 17.7 Å². The minimum atomic E-state index is -0.517. The second kappa shape index (κ2) is 7.31. The molecule has 144 valence electrons. The largest absolute Gasteiger partial charge is 0.444 e. The Hall–Kier alpha value is -2.41. The predicted octanol–water partition coefficient (Wildman–Crippen LogP) is 4.31. The monoisotopic (exact) mass is 387 g/mol. The molecule has 0 fully saturated rings. The number of carbonyl (C=O) groups is 2. The number of ether oxygens (including phenoxy) is 1. The van der Waals surface area contributed by atoms with Gasteiger partial charge in [-0.15, -0.1) is 0 Å². The lowest BCUT2D eigenvalue weighted by Crippen LogP contribution is -2.39. The highest BCUT2D eigenvalue weighted by Gasteiger charge is 2.28. The highest BCUT2D eigenvalue weighted by molar-refractivity contribution is 7.15. The van der Waals surface area contributed by atoms with Crippen molar-refractivity contribution in [1.82, 2.24) is 9.88 Å². The summed E-state index contributed by atoms with van der Waals surface area (Å²) in [6, 6.07) is 5.63. The molecule has 0 unspecified atom stereocenters. The van der Waals surface area contributed by atoms with Crippen molar-refractivity contribution in [3.8, 4) is 0 Å². The molecule has 1 aromatic heterocycles. The van der Waals surface area contributed by atoms with Gasteiger partial charge in [0.25, 0.3) is 5.91 Å². The number of aryl methyl sites for hydroxylation is 2. The maximum absolute atomic E-state index is 12.5. The highest BCUT2D eigenvalue weighted by atomic mass is 32.1. The number of hydrogen-bond donors (Lipinski definition) is 1. The Labute approximate surface area is 163 Å². The standard InChI is InChI=1S/C20H25N3O3S/c1-12-6-7-14(10-13(12)2)17(24)22-18-21-15-8-9-23(11-16(15)27-18)19(25)26-20(3,4)5/h6-7,10H,8-9,11H2,1-5H3,(H,21,22,24). The van der Waals surface area contributed by atoms with Gasteiger partial charge in [0, 0.05) is 23.4 Å². The Morgan fingerprint density at radius 2 is 1.96 bits per heavy atom. The van der Waals surface area contributed by atoms with Gasteiger partial charge in [-0.1, -0.05) is 17.4 Å². The van der Waals surface area contributed by atoms with Crippen LogP contribution in [0.2, 0.25) is 0 Å². The third kappa shape index (κ3) is 4.66. The highest BCUT2D eigenvalue weighted by Crippen LogP contribution is 2.29. The fourth-order valence-corrected chi connectivity index (χ4v) is 3.80. The number of aromatic nitrogens is 1. The van der Waals surface area contributed by atoms with Gasteiger partial charge in [-0.2, -0.15) is 0 Å². The van der Waals surface area contributed by atoms with Crippen LogP contribution in [0.15, 0.2) is 18.2 Å². The van der Waals surface area contributed by atoms with E-state index >= 15 is 0 Å². The van der Waals surface area contributed by atoms with E-state index in [1.54, 1.807) is 4.90 Å². The molecule has 7 heteroatoms. The van der Waals surface area contributed by atoms with Crippen LogP contribution in [0.3, 0.4) is 0 Å². The maximum atomic E-state index is 12.5. The van der Waals surface area contributed by atoms with Gasteiger partial charge in [0.05, 0.1) is 12.2 Å². The van der Waals surface area contributed by atoms with Crippen LogP contribution in [-0.4, -0.2) is 34.0 Å². The van der Waals surface area contributed by atoms with Crippen LogP contribution in [0.1, 0.15) is 52.8 Å². The van der Waals surface area contributed by atoms with E-state index in [0.29, 0.717) is 30.2 Å². The molecule has 2 aromatic rings.